The Morgan fingerprint density at radius 2 is 2.00 bits per heavy atom. The molecule has 19 heavy (non-hydrogen) atoms. The van der Waals surface area contributed by atoms with Crippen molar-refractivity contribution in [1.82, 2.24) is 4.90 Å². The standard InChI is InChI=1S/C16H24N2O/c1-4-16(3)7-9-18(10-8-16)15(19)13-6-5-12(2)11-14(13)17/h5-6,11H,4,7-10,17H2,1-3H3. The van der Waals surface area contributed by atoms with E-state index in [9.17, 15) is 4.79 Å². The zero-order chi connectivity index (χ0) is 14.0. The van der Waals surface area contributed by atoms with Crippen molar-refractivity contribution in [3.8, 4) is 0 Å². The monoisotopic (exact) mass is 260 g/mol. The molecule has 1 saturated heterocycles. The molecule has 2 N–H and O–H groups in total. The second-order valence-corrected chi connectivity index (χ2v) is 6.05. The number of likely N-dealkylation sites (tertiary alicyclic amines) is 1. The lowest BCUT2D eigenvalue weighted by atomic mass is 9.78. The maximum absolute atomic E-state index is 12.5. The molecular weight excluding hydrogens is 236 g/mol. The Balaban J connectivity index is 2.09. The van der Waals surface area contributed by atoms with Crippen LogP contribution in [0.5, 0.6) is 0 Å². The molecule has 0 spiro atoms. The number of aryl methyl sites for hydroxylation is 1. The first-order chi connectivity index (χ1) is 8.95. The van der Waals surface area contributed by atoms with Crippen LogP contribution in [0.25, 0.3) is 0 Å². The SMILES string of the molecule is CCC1(C)CCN(C(=O)c2ccc(C)cc2N)CC1. The molecule has 3 nitrogen and oxygen atoms in total. The van der Waals surface area contributed by atoms with E-state index < -0.39 is 0 Å². The number of carbonyl (C=O) groups excluding carboxylic acids is 1. The summed E-state index contributed by atoms with van der Waals surface area (Å²) in [7, 11) is 0. The lowest BCUT2D eigenvalue weighted by Crippen LogP contribution is -2.42. The summed E-state index contributed by atoms with van der Waals surface area (Å²) in [4.78, 5) is 14.4. The van der Waals surface area contributed by atoms with Crippen LogP contribution in [0.15, 0.2) is 18.2 Å². The van der Waals surface area contributed by atoms with Gasteiger partial charge >= 0.3 is 0 Å². The Morgan fingerprint density at radius 1 is 1.37 bits per heavy atom. The lowest BCUT2D eigenvalue weighted by molar-refractivity contribution is 0.0601. The molecule has 0 saturated carbocycles. The van der Waals surface area contributed by atoms with Crippen LogP contribution in [-0.4, -0.2) is 23.9 Å². The normalized spacial score (nSPS) is 18.4. The fourth-order valence-electron chi connectivity index (χ4n) is 2.65. The van der Waals surface area contributed by atoms with E-state index in [2.05, 4.69) is 13.8 Å². The molecule has 1 heterocycles. The molecule has 0 radical (unpaired) electrons. The van der Waals surface area contributed by atoms with Gasteiger partial charge in [-0.05, 0) is 42.9 Å². The number of hydrogen-bond acceptors (Lipinski definition) is 2. The number of nitrogen functional groups attached to an aromatic ring is 1. The van der Waals surface area contributed by atoms with Gasteiger partial charge in [-0.3, -0.25) is 4.79 Å². The van der Waals surface area contributed by atoms with Crippen molar-refractivity contribution in [2.24, 2.45) is 5.41 Å². The molecule has 2 rings (SSSR count). The third-order valence-electron chi connectivity index (χ3n) is 4.55. The molecule has 104 valence electrons. The summed E-state index contributed by atoms with van der Waals surface area (Å²) in [6.45, 7) is 8.22. The van der Waals surface area contributed by atoms with Crippen LogP contribution in [0.4, 0.5) is 5.69 Å². The van der Waals surface area contributed by atoms with E-state index in [4.69, 9.17) is 5.73 Å². The van der Waals surface area contributed by atoms with Crippen molar-refractivity contribution in [1.29, 1.82) is 0 Å². The number of nitrogens with two attached hydrogens (primary N) is 1. The highest BCUT2D eigenvalue weighted by Gasteiger charge is 2.31. The average Bonchev–Trinajstić information content (AvgIpc) is 2.39. The minimum Gasteiger partial charge on any atom is -0.398 e. The predicted molar refractivity (Wildman–Crippen MR) is 79.1 cm³/mol. The van der Waals surface area contributed by atoms with Gasteiger partial charge in [0, 0.05) is 18.8 Å². The number of piperidine rings is 1. The number of nitrogens with zero attached hydrogens (tertiary/aromatic N) is 1. The Bertz CT molecular complexity index is 474. The molecular formula is C16H24N2O. The van der Waals surface area contributed by atoms with Crippen LogP contribution in [-0.2, 0) is 0 Å². The van der Waals surface area contributed by atoms with Gasteiger partial charge in [-0.1, -0.05) is 26.3 Å². The van der Waals surface area contributed by atoms with Crippen molar-refractivity contribution in [3.63, 3.8) is 0 Å². The van der Waals surface area contributed by atoms with Gasteiger partial charge in [-0.2, -0.15) is 0 Å². The Hall–Kier alpha value is -1.51. The third kappa shape index (κ3) is 2.91. The summed E-state index contributed by atoms with van der Waals surface area (Å²) in [5, 5.41) is 0. The number of carbonyl (C=O) groups is 1. The number of amides is 1. The van der Waals surface area contributed by atoms with Gasteiger partial charge in [0.15, 0.2) is 0 Å². The summed E-state index contributed by atoms with van der Waals surface area (Å²) in [6, 6.07) is 5.66. The molecule has 1 aliphatic heterocycles. The van der Waals surface area contributed by atoms with Crippen LogP contribution in [0.3, 0.4) is 0 Å². The molecule has 0 bridgehead atoms. The zero-order valence-corrected chi connectivity index (χ0v) is 12.2. The first kappa shape index (κ1) is 13.9. The Kier molecular flexibility index (Phi) is 3.83. The fourth-order valence-corrected chi connectivity index (χ4v) is 2.65. The minimum absolute atomic E-state index is 0.0793. The van der Waals surface area contributed by atoms with Crippen molar-refractivity contribution < 1.29 is 4.79 Å². The predicted octanol–water partition coefficient (Wildman–Crippen LogP) is 3.23. The van der Waals surface area contributed by atoms with Gasteiger partial charge in [-0.25, -0.2) is 0 Å². The van der Waals surface area contributed by atoms with E-state index in [0.29, 0.717) is 16.7 Å². The van der Waals surface area contributed by atoms with Crippen LogP contribution in [0, 0.1) is 12.3 Å². The Labute approximate surface area is 115 Å². The number of hydrogen-bond donors (Lipinski definition) is 1. The minimum atomic E-state index is 0.0793. The lowest BCUT2D eigenvalue weighted by Gasteiger charge is -2.39. The largest absolute Gasteiger partial charge is 0.398 e. The van der Waals surface area contributed by atoms with Crippen LogP contribution in [0.1, 0.15) is 49.0 Å². The number of benzene rings is 1. The van der Waals surface area contributed by atoms with E-state index in [0.717, 1.165) is 31.5 Å². The van der Waals surface area contributed by atoms with E-state index in [1.165, 1.54) is 6.42 Å². The van der Waals surface area contributed by atoms with Crippen molar-refractivity contribution in [3.05, 3.63) is 29.3 Å². The Morgan fingerprint density at radius 3 is 2.53 bits per heavy atom. The molecule has 1 fully saturated rings. The molecule has 1 aromatic rings. The third-order valence-corrected chi connectivity index (χ3v) is 4.55. The van der Waals surface area contributed by atoms with Gasteiger partial charge in [-0.15, -0.1) is 0 Å². The van der Waals surface area contributed by atoms with Crippen LogP contribution in [0.2, 0.25) is 0 Å². The highest BCUT2D eigenvalue weighted by molar-refractivity contribution is 5.99. The van der Waals surface area contributed by atoms with Crippen molar-refractivity contribution in [2.75, 3.05) is 18.8 Å². The second kappa shape index (κ2) is 5.24. The van der Waals surface area contributed by atoms with E-state index in [-0.39, 0.29) is 5.91 Å². The molecule has 0 atom stereocenters. The van der Waals surface area contributed by atoms with Crippen molar-refractivity contribution >= 4 is 11.6 Å². The van der Waals surface area contributed by atoms with Gasteiger partial charge in [0.2, 0.25) is 0 Å². The maximum atomic E-state index is 12.5. The summed E-state index contributed by atoms with van der Waals surface area (Å²) in [5.41, 5.74) is 8.68. The summed E-state index contributed by atoms with van der Waals surface area (Å²) >= 11 is 0. The van der Waals surface area contributed by atoms with Crippen LogP contribution >= 0.6 is 0 Å². The molecule has 3 heteroatoms. The van der Waals surface area contributed by atoms with Crippen molar-refractivity contribution in [2.45, 2.75) is 40.0 Å². The quantitative estimate of drug-likeness (QED) is 0.830. The fraction of sp³-hybridized carbons (Fsp3) is 0.562. The first-order valence-electron chi connectivity index (χ1n) is 7.10. The molecule has 1 aliphatic rings. The second-order valence-electron chi connectivity index (χ2n) is 6.05. The average molecular weight is 260 g/mol. The molecule has 1 aromatic carbocycles. The topological polar surface area (TPSA) is 46.3 Å². The van der Waals surface area contributed by atoms with E-state index >= 15 is 0 Å². The summed E-state index contributed by atoms with van der Waals surface area (Å²) in [6.07, 6.45) is 3.35. The molecule has 0 aromatic heterocycles. The van der Waals surface area contributed by atoms with Gasteiger partial charge in [0.1, 0.15) is 0 Å². The molecule has 0 aliphatic carbocycles. The van der Waals surface area contributed by atoms with Gasteiger partial charge in [0.05, 0.1) is 5.56 Å². The van der Waals surface area contributed by atoms with Gasteiger partial charge < -0.3 is 10.6 Å². The summed E-state index contributed by atoms with van der Waals surface area (Å²) < 4.78 is 0. The van der Waals surface area contributed by atoms with Crippen LogP contribution < -0.4 is 5.73 Å². The highest BCUT2D eigenvalue weighted by atomic mass is 16.2. The molecule has 0 unspecified atom stereocenters. The first-order valence-corrected chi connectivity index (χ1v) is 7.10. The zero-order valence-electron chi connectivity index (χ0n) is 12.2. The molecule has 1 amide bonds. The van der Waals surface area contributed by atoms with Gasteiger partial charge in [0.25, 0.3) is 5.91 Å². The maximum Gasteiger partial charge on any atom is 0.255 e. The van der Waals surface area contributed by atoms with E-state index in [1.54, 1.807) is 0 Å². The number of anilines is 1. The summed E-state index contributed by atoms with van der Waals surface area (Å²) in [5.74, 6) is 0.0793. The number of rotatable bonds is 2. The smallest absolute Gasteiger partial charge is 0.255 e. The highest BCUT2D eigenvalue weighted by Crippen LogP contribution is 2.34. The van der Waals surface area contributed by atoms with E-state index in [1.807, 2.05) is 30.0 Å².